The average Bonchev–Trinajstić information content (AvgIpc) is 2.27. The fourth-order valence-corrected chi connectivity index (χ4v) is 2.63. The van der Waals surface area contributed by atoms with Crippen molar-refractivity contribution in [1.82, 2.24) is 10.2 Å². The van der Waals surface area contributed by atoms with Crippen molar-refractivity contribution >= 4 is 5.97 Å². The van der Waals surface area contributed by atoms with Crippen LogP contribution in [0.2, 0.25) is 0 Å². The number of likely N-dealkylation sites (N-methyl/N-ethyl adjacent to an activating group) is 1. The monoisotopic (exact) mass is 256 g/mol. The van der Waals surface area contributed by atoms with Gasteiger partial charge in [0.15, 0.2) is 0 Å². The van der Waals surface area contributed by atoms with Gasteiger partial charge in [0.05, 0.1) is 7.11 Å². The topological polar surface area (TPSA) is 41.6 Å². The smallest absolute Gasteiger partial charge is 0.305 e. The lowest BCUT2D eigenvalue weighted by Crippen LogP contribution is -2.48. The molecule has 0 aromatic rings. The number of ether oxygens (including phenoxy) is 1. The second-order valence-electron chi connectivity index (χ2n) is 5.94. The average molecular weight is 256 g/mol. The van der Waals surface area contributed by atoms with Gasteiger partial charge in [-0.2, -0.15) is 0 Å². The zero-order chi connectivity index (χ0) is 13.5. The predicted octanol–water partition coefficient (Wildman–Crippen LogP) is 1.51. The number of carbonyl (C=O) groups excluding carboxylic acids is 1. The number of carbonyl (C=O) groups is 1. The van der Waals surface area contributed by atoms with Crippen LogP contribution in [0.4, 0.5) is 0 Å². The summed E-state index contributed by atoms with van der Waals surface area (Å²) in [5.41, 5.74) is 0. The van der Waals surface area contributed by atoms with Crippen LogP contribution in [0.25, 0.3) is 0 Å². The van der Waals surface area contributed by atoms with E-state index >= 15 is 0 Å². The van der Waals surface area contributed by atoms with Crippen LogP contribution in [0.5, 0.6) is 0 Å². The lowest BCUT2D eigenvalue weighted by molar-refractivity contribution is -0.142. The second kappa shape index (κ2) is 7.74. The third kappa shape index (κ3) is 5.83. The summed E-state index contributed by atoms with van der Waals surface area (Å²) < 4.78 is 4.76. The van der Waals surface area contributed by atoms with Crippen molar-refractivity contribution in [3.8, 4) is 0 Å². The Morgan fingerprint density at radius 2 is 2.17 bits per heavy atom. The van der Waals surface area contributed by atoms with Crippen molar-refractivity contribution in [3.05, 3.63) is 0 Å². The number of nitrogens with one attached hydrogen (secondary N) is 1. The maximum atomic E-state index is 11.3. The number of esters is 1. The summed E-state index contributed by atoms with van der Waals surface area (Å²) in [6, 6.07) is 0.511. The van der Waals surface area contributed by atoms with Gasteiger partial charge < -0.3 is 15.0 Å². The van der Waals surface area contributed by atoms with E-state index in [0.29, 0.717) is 18.4 Å². The summed E-state index contributed by atoms with van der Waals surface area (Å²) in [7, 11) is 3.59. The molecule has 2 atom stereocenters. The van der Waals surface area contributed by atoms with Crippen LogP contribution in [-0.4, -0.2) is 50.7 Å². The highest BCUT2D eigenvalue weighted by Crippen LogP contribution is 2.19. The zero-order valence-electron chi connectivity index (χ0n) is 12.2. The van der Waals surface area contributed by atoms with Crippen LogP contribution in [0.15, 0.2) is 0 Å². The number of hydrogen-bond donors (Lipinski definition) is 1. The number of methoxy groups -OCH3 is 1. The Morgan fingerprint density at radius 1 is 1.44 bits per heavy atom. The summed E-state index contributed by atoms with van der Waals surface area (Å²) in [4.78, 5) is 13.6. The van der Waals surface area contributed by atoms with Gasteiger partial charge in [-0.1, -0.05) is 13.8 Å². The van der Waals surface area contributed by atoms with E-state index < -0.39 is 0 Å². The van der Waals surface area contributed by atoms with Crippen molar-refractivity contribution < 1.29 is 9.53 Å². The normalized spacial score (nSPS) is 25.4. The molecule has 1 N–H and O–H groups in total. The lowest BCUT2D eigenvalue weighted by Gasteiger charge is -2.36. The Balaban J connectivity index is 2.33. The highest BCUT2D eigenvalue weighted by atomic mass is 16.5. The van der Waals surface area contributed by atoms with Gasteiger partial charge in [-0.3, -0.25) is 4.79 Å². The van der Waals surface area contributed by atoms with Gasteiger partial charge in [-0.15, -0.1) is 0 Å². The highest BCUT2D eigenvalue weighted by molar-refractivity contribution is 5.69. The first kappa shape index (κ1) is 15.4. The molecule has 0 aromatic carbocycles. The number of hydrogen-bond acceptors (Lipinski definition) is 4. The second-order valence-corrected chi connectivity index (χ2v) is 5.94. The number of rotatable bonds is 6. The number of piperidine rings is 1. The molecule has 0 aliphatic carbocycles. The molecular formula is C14H28N2O2. The molecule has 1 aliphatic rings. The molecule has 0 radical (unpaired) electrons. The van der Waals surface area contributed by atoms with Gasteiger partial charge >= 0.3 is 5.97 Å². The molecule has 0 amide bonds. The van der Waals surface area contributed by atoms with Gasteiger partial charge in [-0.05, 0) is 38.3 Å². The standard InChI is InChI=1S/C14H28N2O2/c1-11(2)5-6-15-13-7-12(8-14(17)18-4)9-16(3)10-13/h11-13,15H,5-10H2,1-4H3. The van der Waals surface area contributed by atoms with E-state index in [1.54, 1.807) is 0 Å². The molecule has 1 fully saturated rings. The molecule has 1 saturated heterocycles. The minimum absolute atomic E-state index is 0.0868. The van der Waals surface area contributed by atoms with Gasteiger partial charge in [0.1, 0.15) is 0 Å². The molecule has 4 heteroatoms. The molecule has 0 spiro atoms. The van der Waals surface area contributed by atoms with Gasteiger partial charge in [0, 0.05) is 25.6 Å². The van der Waals surface area contributed by atoms with E-state index in [0.717, 1.165) is 32.0 Å². The maximum Gasteiger partial charge on any atom is 0.305 e. The van der Waals surface area contributed by atoms with Crippen molar-refractivity contribution in [1.29, 1.82) is 0 Å². The van der Waals surface area contributed by atoms with Gasteiger partial charge in [0.2, 0.25) is 0 Å². The molecule has 4 nitrogen and oxygen atoms in total. The van der Waals surface area contributed by atoms with Gasteiger partial charge in [0.25, 0.3) is 0 Å². The first-order chi connectivity index (χ1) is 8.51. The van der Waals surface area contributed by atoms with E-state index in [9.17, 15) is 4.79 Å². The fourth-order valence-electron chi connectivity index (χ4n) is 2.63. The largest absolute Gasteiger partial charge is 0.469 e. The molecule has 18 heavy (non-hydrogen) atoms. The third-order valence-electron chi connectivity index (χ3n) is 3.56. The van der Waals surface area contributed by atoms with Crippen LogP contribution in [-0.2, 0) is 9.53 Å². The molecular weight excluding hydrogens is 228 g/mol. The van der Waals surface area contributed by atoms with Crippen molar-refractivity contribution in [3.63, 3.8) is 0 Å². The van der Waals surface area contributed by atoms with E-state index in [2.05, 4.69) is 31.1 Å². The SMILES string of the molecule is COC(=O)CC1CC(NCCC(C)C)CN(C)C1. The minimum Gasteiger partial charge on any atom is -0.469 e. The summed E-state index contributed by atoms with van der Waals surface area (Å²) >= 11 is 0. The Bertz CT molecular complexity index is 256. The quantitative estimate of drug-likeness (QED) is 0.731. The zero-order valence-corrected chi connectivity index (χ0v) is 12.2. The number of likely N-dealkylation sites (tertiary alicyclic amines) is 1. The third-order valence-corrected chi connectivity index (χ3v) is 3.56. The maximum absolute atomic E-state index is 11.3. The Labute approximate surface area is 111 Å². The summed E-state index contributed by atoms with van der Waals surface area (Å²) in [5.74, 6) is 1.08. The highest BCUT2D eigenvalue weighted by Gasteiger charge is 2.26. The summed E-state index contributed by atoms with van der Waals surface area (Å²) in [5, 5.41) is 3.61. The van der Waals surface area contributed by atoms with E-state index in [4.69, 9.17) is 4.74 Å². The predicted molar refractivity (Wildman–Crippen MR) is 73.5 cm³/mol. The fraction of sp³-hybridized carbons (Fsp3) is 0.929. The Kier molecular flexibility index (Phi) is 6.65. The molecule has 1 heterocycles. The van der Waals surface area contributed by atoms with Crippen LogP contribution < -0.4 is 5.32 Å². The Hall–Kier alpha value is -0.610. The molecule has 2 unspecified atom stereocenters. The lowest BCUT2D eigenvalue weighted by atomic mass is 9.91. The first-order valence-electron chi connectivity index (χ1n) is 7.00. The molecule has 0 saturated carbocycles. The molecule has 106 valence electrons. The van der Waals surface area contributed by atoms with E-state index in [1.807, 2.05) is 0 Å². The molecule has 0 bridgehead atoms. The van der Waals surface area contributed by atoms with Crippen LogP contribution in [0.1, 0.15) is 33.1 Å². The molecule has 0 aromatic heterocycles. The minimum atomic E-state index is -0.0868. The van der Waals surface area contributed by atoms with Crippen molar-refractivity contribution in [2.45, 2.75) is 39.2 Å². The van der Waals surface area contributed by atoms with E-state index in [-0.39, 0.29) is 5.97 Å². The number of nitrogens with zero attached hydrogens (tertiary/aromatic N) is 1. The summed E-state index contributed by atoms with van der Waals surface area (Å²) in [6.45, 7) is 7.64. The molecule has 1 rings (SSSR count). The van der Waals surface area contributed by atoms with Crippen LogP contribution >= 0.6 is 0 Å². The van der Waals surface area contributed by atoms with Crippen molar-refractivity contribution in [2.24, 2.45) is 11.8 Å². The molecule has 1 aliphatic heterocycles. The van der Waals surface area contributed by atoms with Gasteiger partial charge in [-0.25, -0.2) is 0 Å². The Morgan fingerprint density at radius 3 is 2.78 bits per heavy atom. The van der Waals surface area contributed by atoms with Crippen LogP contribution in [0.3, 0.4) is 0 Å². The first-order valence-corrected chi connectivity index (χ1v) is 7.00. The van der Waals surface area contributed by atoms with Crippen molar-refractivity contribution in [2.75, 3.05) is 33.8 Å². The van der Waals surface area contributed by atoms with Crippen LogP contribution in [0, 0.1) is 11.8 Å². The van der Waals surface area contributed by atoms with E-state index in [1.165, 1.54) is 13.5 Å². The summed E-state index contributed by atoms with van der Waals surface area (Å²) in [6.07, 6.45) is 2.84.